The molecule has 2 aromatic carbocycles. The number of hydrogen-bond acceptors (Lipinski definition) is 5. The summed E-state index contributed by atoms with van der Waals surface area (Å²) in [4.78, 5) is 23.9. The first-order valence-corrected chi connectivity index (χ1v) is 9.98. The number of carbonyl (C=O) groups excluding carboxylic acids is 2. The summed E-state index contributed by atoms with van der Waals surface area (Å²) in [5.41, 5.74) is 3.61. The third-order valence-corrected chi connectivity index (χ3v) is 4.58. The minimum atomic E-state index is -0.381. The predicted molar refractivity (Wildman–Crippen MR) is 117 cm³/mol. The minimum Gasteiger partial charge on any atom is -0.492 e. The van der Waals surface area contributed by atoms with Gasteiger partial charge in [0, 0.05) is 12.8 Å². The molecule has 0 heterocycles. The number of benzene rings is 2. The lowest BCUT2D eigenvalue weighted by Gasteiger charge is -2.11. The van der Waals surface area contributed by atoms with E-state index in [1.54, 1.807) is 43.5 Å². The molecule has 0 aliphatic carbocycles. The number of methoxy groups -OCH3 is 1. The van der Waals surface area contributed by atoms with Gasteiger partial charge in [0.1, 0.15) is 0 Å². The van der Waals surface area contributed by atoms with Crippen LogP contribution in [-0.4, -0.2) is 31.7 Å². The van der Waals surface area contributed by atoms with E-state index >= 15 is 0 Å². The van der Waals surface area contributed by atoms with Gasteiger partial charge in [0.25, 0.3) is 0 Å². The Labute approximate surface area is 182 Å². The van der Waals surface area contributed by atoms with E-state index in [2.05, 4.69) is 31.8 Å². The van der Waals surface area contributed by atoms with Crippen molar-refractivity contribution < 1.29 is 19.1 Å². The van der Waals surface area contributed by atoms with Crippen molar-refractivity contribution in [3.8, 4) is 11.5 Å². The molecule has 0 atom stereocenters. The van der Waals surface area contributed by atoms with Gasteiger partial charge in [-0.3, -0.25) is 9.59 Å². The average molecular weight is 483 g/mol. The Hall–Kier alpha value is -2.58. The van der Waals surface area contributed by atoms with Crippen molar-refractivity contribution in [2.45, 2.75) is 19.8 Å². The highest BCUT2D eigenvalue weighted by Gasteiger charge is 2.11. The van der Waals surface area contributed by atoms with Gasteiger partial charge in [-0.25, -0.2) is 5.43 Å². The maximum atomic E-state index is 11.9. The number of rotatable bonds is 9. The highest BCUT2D eigenvalue weighted by molar-refractivity contribution is 9.10. The largest absolute Gasteiger partial charge is 0.492 e. The minimum absolute atomic E-state index is 0.00908. The molecule has 2 aromatic rings. The van der Waals surface area contributed by atoms with Crippen LogP contribution in [0.15, 0.2) is 46.0 Å². The van der Waals surface area contributed by atoms with Gasteiger partial charge < -0.3 is 14.8 Å². The van der Waals surface area contributed by atoms with Gasteiger partial charge in [-0.05, 0) is 52.7 Å². The molecule has 154 valence electrons. The van der Waals surface area contributed by atoms with Crippen molar-refractivity contribution in [1.82, 2.24) is 5.43 Å². The highest BCUT2D eigenvalue weighted by atomic mass is 79.9. The molecule has 2 N–H and O–H groups in total. The van der Waals surface area contributed by atoms with Crippen LogP contribution in [0.3, 0.4) is 0 Å². The number of amides is 2. The molecule has 2 rings (SSSR count). The van der Waals surface area contributed by atoms with Crippen LogP contribution < -0.4 is 20.2 Å². The summed E-state index contributed by atoms with van der Waals surface area (Å²) in [6.07, 6.45) is 1.48. The Bertz CT molecular complexity index is 905. The molecule has 0 aliphatic heterocycles. The van der Waals surface area contributed by atoms with E-state index in [9.17, 15) is 9.59 Å². The molecule has 0 fully saturated rings. The summed E-state index contributed by atoms with van der Waals surface area (Å²) in [5.74, 6) is 0.455. The van der Waals surface area contributed by atoms with E-state index in [0.717, 1.165) is 0 Å². The van der Waals surface area contributed by atoms with Crippen LogP contribution in [0.5, 0.6) is 11.5 Å². The van der Waals surface area contributed by atoms with Gasteiger partial charge in [-0.1, -0.05) is 23.7 Å². The van der Waals surface area contributed by atoms with E-state index in [-0.39, 0.29) is 24.7 Å². The van der Waals surface area contributed by atoms with E-state index in [1.165, 1.54) is 6.21 Å². The second-order valence-corrected chi connectivity index (χ2v) is 7.05. The lowest BCUT2D eigenvalue weighted by Crippen LogP contribution is -2.20. The normalized spacial score (nSPS) is 10.6. The molecule has 0 saturated carbocycles. The summed E-state index contributed by atoms with van der Waals surface area (Å²) < 4.78 is 11.5. The molecule has 0 spiro atoms. The van der Waals surface area contributed by atoms with Gasteiger partial charge in [0.2, 0.25) is 11.8 Å². The number of carbonyl (C=O) groups is 2. The zero-order chi connectivity index (χ0) is 21.2. The highest BCUT2D eigenvalue weighted by Crippen LogP contribution is 2.36. The molecule has 0 unspecified atom stereocenters. The molecular weight excluding hydrogens is 462 g/mol. The second kappa shape index (κ2) is 11.4. The number of anilines is 1. The Morgan fingerprint density at radius 3 is 2.62 bits per heavy atom. The van der Waals surface area contributed by atoms with E-state index in [4.69, 9.17) is 21.1 Å². The SMILES string of the molecule is CCOc1cc(C=NNC(=O)CCC(=O)Nc2ccccc2Cl)cc(Br)c1OC. The topological polar surface area (TPSA) is 89.0 Å². The van der Waals surface area contributed by atoms with Crippen LogP contribution in [0.25, 0.3) is 0 Å². The Morgan fingerprint density at radius 1 is 1.21 bits per heavy atom. The smallest absolute Gasteiger partial charge is 0.240 e. The van der Waals surface area contributed by atoms with Crippen molar-refractivity contribution in [2.24, 2.45) is 5.10 Å². The van der Waals surface area contributed by atoms with Gasteiger partial charge in [0.05, 0.1) is 35.1 Å². The lowest BCUT2D eigenvalue weighted by atomic mass is 10.2. The maximum absolute atomic E-state index is 11.9. The zero-order valence-corrected chi connectivity index (χ0v) is 18.3. The number of halogens is 2. The maximum Gasteiger partial charge on any atom is 0.240 e. The van der Waals surface area contributed by atoms with Crippen LogP contribution in [0.1, 0.15) is 25.3 Å². The summed E-state index contributed by atoms with van der Waals surface area (Å²) in [7, 11) is 1.55. The molecule has 2 amide bonds. The number of hydrazone groups is 1. The molecule has 29 heavy (non-hydrogen) atoms. The third kappa shape index (κ3) is 7.07. The Kier molecular flexibility index (Phi) is 8.95. The molecule has 7 nitrogen and oxygen atoms in total. The fourth-order valence-electron chi connectivity index (χ4n) is 2.36. The van der Waals surface area contributed by atoms with Crippen molar-refractivity contribution in [1.29, 1.82) is 0 Å². The number of ether oxygens (including phenoxy) is 2. The van der Waals surface area contributed by atoms with Gasteiger partial charge in [0.15, 0.2) is 11.5 Å². The second-order valence-electron chi connectivity index (χ2n) is 5.79. The van der Waals surface area contributed by atoms with Gasteiger partial charge in [-0.15, -0.1) is 0 Å². The first-order chi connectivity index (χ1) is 13.9. The van der Waals surface area contributed by atoms with Crippen LogP contribution in [-0.2, 0) is 9.59 Å². The number of para-hydroxylation sites is 1. The average Bonchev–Trinajstić information content (AvgIpc) is 2.68. The molecule has 9 heteroatoms. The van der Waals surface area contributed by atoms with Crippen LogP contribution in [0.4, 0.5) is 5.69 Å². The van der Waals surface area contributed by atoms with E-state index in [1.807, 2.05) is 6.92 Å². The van der Waals surface area contributed by atoms with Crippen LogP contribution in [0.2, 0.25) is 5.02 Å². The van der Waals surface area contributed by atoms with Crippen LogP contribution in [0, 0.1) is 0 Å². The molecule has 0 aromatic heterocycles. The van der Waals surface area contributed by atoms with Crippen LogP contribution >= 0.6 is 27.5 Å². The lowest BCUT2D eigenvalue weighted by molar-refractivity contribution is -0.124. The van der Waals surface area contributed by atoms with Crippen molar-refractivity contribution in [2.75, 3.05) is 19.0 Å². The molecule has 0 aliphatic rings. The summed E-state index contributed by atoms with van der Waals surface area (Å²) in [6.45, 7) is 2.35. The van der Waals surface area contributed by atoms with Crippen molar-refractivity contribution >= 4 is 51.2 Å². The quantitative estimate of drug-likeness (QED) is 0.410. The Balaban J connectivity index is 1.86. The Morgan fingerprint density at radius 2 is 1.93 bits per heavy atom. The van der Waals surface area contributed by atoms with Gasteiger partial charge >= 0.3 is 0 Å². The first-order valence-electron chi connectivity index (χ1n) is 8.81. The monoisotopic (exact) mass is 481 g/mol. The predicted octanol–water partition coefficient (Wildman–Crippen LogP) is 4.38. The molecule has 0 bridgehead atoms. The van der Waals surface area contributed by atoms with E-state index in [0.29, 0.717) is 38.9 Å². The standard InChI is InChI=1S/C20H21BrClN3O4/c1-3-29-17-11-13(10-14(21)20(17)28-2)12-23-25-19(27)9-8-18(26)24-16-7-5-4-6-15(16)22/h4-7,10-12H,3,8-9H2,1-2H3,(H,24,26)(H,25,27). The summed E-state index contributed by atoms with van der Waals surface area (Å²) >= 11 is 9.40. The number of hydrogen-bond donors (Lipinski definition) is 2. The first kappa shape index (κ1) is 22.7. The molecule has 0 saturated heterocycles. The fraction of sp³-hybridized carbons (Fsp3) is 0.250. The zero-order valence-electron chi connectivity index (χ0n) is 16.0. The fourth-order valence-corrected chi connectivity index (χ4v) is 3.17. The van der Waals surface area contributed by atoms with E-state index < -0.39 is 0 Å². The number of nitrogens with zero attached hydrogens (tertiary/aromatic N) is 1. The number of nitrogens with one attached hydrogen (secondary N) is 2. The summed E-state index contributed by atoms with van der Waals surface area (Å²) in [5, 5.41) is 7.02. The molecular formula is C20H21BrClN3O4. The third-order valence-electron chi connectivity index (χ3n) is 3.67. The van der Waals surface area contributed by atoms with Crippen molar-refractivity contribution in [3.63, 3.8) is 0 Å². The van der Waals surface area contributed by atoms with Gasteiger partial charge in [-0.2, -0.15) is 5.10 Å². The van der Waals surface area contributed by atoms with Crippen molar-refractivity contribution in [3.05, 3.63) is 51.5 Å². The molecule has 0 radical (unpaired) electrons. The summed E-state index contributed by atoms with van der Waals surface area (Å²) in [6, 6.07) is 10.4.